The standard InChI is InChI=1S/C36H39Cl2N3O4S/c1-25(2)22-39-36(43)34(20-28-10-6-5-7-11-28)40(23-29-15-16-30(37)21-33(29)38)35(42)24-41(31-12-8-9-27(4)19-31)46(44,45)32-17-13-26(3)14-18-32/h5-19,21,25,34H,20,22-24H2,1-4H3,(H,39,43)/t34-/m0/s1. The van der Waals surface area contributed by atoms with Gasteiger partial charge in [0.2, 0.25) is 11.8 Å². The molecule has 0 saturated carbocycles. The summed E-state index contributed by atoms with van der Waals surface area (Å²) in [5, 5.41) is 3.74. The molecule has 0 fully saturated rings. The number of nitrogens with zero attached hydrogens (tertiary/aromatic N) is 2. The molecule has 0 radical (unpaired) electrons. The quantitative estimate of drug-likeness (QED) is 0.162. The molecule has 0 heterocycles. The fraction of sp³-hybridized carbons (Fsp3) is 0.278. The average molecular weight is 681 g/mol. The van der Waals surface area contributed by atoms with Crippen LogP contribution >= 0.6 is 23.2 Å². The fourth-order valence-corrected chi connectivity index (χ4v) is 6.83. The predicted molar refractivity (Wildman–Crippen MR) is 186 cm³/mol. The summed E-state index contributed by atoms with van der Waals surface area (Å²) in [5.41, 5.74) is 3.48. The molecule has 242 valence electrons. The van der Waals surface area contributed by atoms with Gasteiger partial charge in [-0.2, -0.15) is 0 Å². The van der Waals surface area contributed by atoms with Crippen LogP contribution in [0, 0.1) is 19.8 Å². The molecular formula is C36H39Cl2N3O4S. The van der Waals surface area contributed by atoms with Crippen LogP contribution in [0.1, 0.15) is 36.1 Å². The molecule has 0 unspecified atom stereocenters. The number of hydrogen-bond donors (Lipinski definition) is 1. The fourth-order valence-electron chi connectivity index (χ4n) is 4.96. The number of anilines is 1. The van der Waals surface area contributed by atoms with Gasteiger partial charge in [-0.05, 0) is 72.9 Å². The molecule has 0 spiro atoms. The largest absolute Gasteiger partial charge is 0.354 e. The lowest BCUT2D eigenvalue weighted by molar-refractivity contribution is -0.140. The van der Waals surface area contributed by atoms with Gasteiger partial charge >= 0.3 is 0 Å². The van der Waals surface area contributed by atoms with Gasteiger partial charge in [-0.3, -0.25) is 13.9 Å². The van der Waals surface area contributed by atoms with Gasteiger partial charge in [0.1, 0.15) is 12.6 Å². The molecular weight excluding hydrogens is 641 g/mol. The Morgan fingerprint density at radius 1 is 0.826 bits per heavy atom. The topological polar surface area (TPSA) is 86.8 Å². The molecule has 4 aromatic rings. The lowest BCUT2D eigenvalue weighted by Crippen LogP contribution is -2.53. The number of rotatable bonds is 13. The number of sulfonamides is 1. The number of halogens is 2. The number of nitrogens with one attached hydrogen (secondary N) is 1. The molecule has 0 saturated heterocycles. The summed E-state index contributed by atoms with van der Waals surface area (Å²) in [6, 6.07) is 26.8. The lowest BCUT2D eigenvalue weighted by Gasteiger charge is -2.34. The number of amides is 2. The summed E-state index contributed by atoms with van der Waals surface area (Å²) < 4.78 is 29.5. The van der Waals surface area contributed by atoms with E-state index in [4.69, 9.17) is 23.2 Å². The Hall–Kier alpha value is -3.85. The average Bonchev–Trinajstić information content (AvgIpc) is 3.01. The van der Waals surface area contributed by atoms with Crippen molar-refractivity contribution in [1.82, 2.24) is 10.2 Å². The summed E-state index contributed by atoms with van der Waals surface area (Å²) >= 11 is 12.8. The van der Waals surface area contributed by atoms with E-state index in [2.05, 4.69) is 5.32 Å². The number of carbonyl (C=O) groups is 2. The molecule has 10 heteroatoms. The first-order valence-corrected chi connectivity index (χ1v) is 17.3. The van der Waals surface area contributed by atoms with Crippen molar-refractivity contribution in [2.24, 2.45) is 5.92 Å². The molecule has 0 aliphatic rings. The zero-order valence-electron chi connectivity index (χ0n) is 26.4. The van der Waals surface area contributed by atoms with E-state index in [1.165, 1.54) is 17.0 Å². The van der Waals surface area contributed by atoms with Crippen molar-refractivity contribution >= 4 is 50.7 Å². The van der Waals surface area contributed by atoms with E-state index in [0.717, 1.165) is 21.0 Å². The second kappa shape index (κ2) is 15.6. The third-order valence-corrected chi connectivity index (χ3v) is 9.86. The molecule has 4 rings (SSSR count). The van der Waals surface area contributed by atoms with Gasteiger partial charge in [0.15, 0.2) is 0 Å². The molecule has 2 amide bonds. The lowest BCUT2D eigenvalue weighted by atomic mass is 10.0. The molecule has 0 bridgehead atoms. The van der Waals surface area contributed by atoms with Gasteiger partial charge in [-0.15, -0.1) is 0 Å². The monoisotopic (exact) mass is 679 g/mol. The Bertz CT molecular complexity index is 1760. The van der Waals surface area contributed by atoms with Gasteiger partial charge in [0.25, 0.3) is 10.0 Å². The van der Waals surface area contributed by atoms with Crippen LogP contribution in [0.4, 0.5) is 5.69 Å². The number of carbonyl (C=O) groups excluding carboxylic acids is 2. The van der Waals surface area contributed by atoms with Crippen LogP contribution < -0.4 is 9.62 Å². The highest BCUT2D eigenvalue weighted by Gasteiger charge is 2.35. The maximum Gasteiger partial charge on any atom is 0.264 e. The van der Waals surface area contributed by atoms with E-state index in [9.17, 15) is 18.0 Å². The first-order chi connectivity index (χ1) is 21.8. The highest BCUT2D eigenvalue weighted by atomic mass is 35.5. The molecule has 1 atom stereocenters. The predicted octanol–water partition coefficient (Wildman–Crippen LogP) is 7.22. The third kappa shape index (κ3) is 9.12. The van der Waals surface area contributed by atoms with Gasteiger partial charge in [0, 0.05) is 29.6 Å². The summed E-state index contributed by atoms with van der Waals surface area (Å²) in [5.74, 6) is -0.740. The Balaban J connectivity index is 1.82. The molecule has 0 aliphatic carbocycles. The van der Waals surface area contributed by atoms with Crippen molar-refractivity contribution in [3.8, 4) is 0 Å². The molecule has 4 aromatic carbocycles. The van der Waals surface area contributed by atoms with Gasteiger partial charge < -0.3 is 10.2 Å². The number of aryl methyl sites for hydroxylation is 2. The molecule has 46 heavy (non-hydrogen) atoms. The van der Waals surface area contributed by atoms with Crippen LogP contribution in [0.2, 0.25) is 10.0 Å². The van der Waals surface area contributed by atoms with E-state index in [-0.39, 0.29) is 29.7 Å². The zero-order chi connectivity index (χ0) is 33.4. The van der Waals surface area contributed by atoms with E-state index in [1.807, 2.05) is 64.1 Å². The highest BCUT2D eigenvalue weighted by molar-refractivity contribution is 7.92. The van der Waals surface area contributed by atoms with Crippen LogP contribution in [0.25, 0.3) is 0 Å². The van der Waals surface area contributed by atoms with Crippen molar-refractivity contribution in [2.45, 2.75) is 51.6 Å². The maximum absolute atomic E-state index is 14.6. The Morgan fingerprint density at radius 3 is 2.15 bits per heavy atom. The molecule has 7 nitrogen and oxygen atoms in total. The minimum absolute atomic E-state index is 0.0479. The minimum Gasteiger partial charge on any atom is -0.354 e. The van der Waals surface area contributed by atoms with E-state index < -0.39 is 28.5 Å². The summed E-state index contributed by atoms with van der Waals surface area (Å²) in [7, 11) is -4.19. The summed E-state index contributed by atoms with van der Waals surface area (Å²) in [6.45, 7) is 7.50. The van der Waals surface area contributed by atoms with Crippen LogP contribution in [0.15, 0.2) is 102 Å². The van der Waals surface area contributed by atoms with Gasteiger partial charge in [-0.25, -0.2) is 8.42 Å². The number of benzene rings is 4. The normalized spacial score (nSPS) is 12.1. The Kier molecular flexibility index (Phi) is 11.9. The second-order valence-corrected chi connectivity index (χ2v) is 14.5. The number of hydrogen-bond acceptors (Lipinski definition) is 4. The van der Waals surface area contributed by atoms with E-state index in [1.54, 1.807) is 48.5 Å². The van der Waals surface area contributed by atoms with Crippen LogP contribution in [0.3, 0.4) is 0 Å². The third-order valence-electron chi connectivity index (χ3n) is 7.49. The van der Waals surface area contributed by atoms with Crippen LogP contribution in [-0.4, -0.2) is 44.3 Å². The smallest absolute Gasteiger partial charge is 0.264 e. The zero-order valence-corrected chi connectivity index (χ0v) is 28.7. The Morgan fingerprint density at radius 2 is 1.52 bits per heavy atom. The van der Waals surface area contributed by atoms with Gasteiger partial charge in [0.05, 0.1) is 10.6 Å². The van der Waals surface area contributed by atoms with Crippen LogP contribution in [-0.2, 0) is 32.6 Å². The molecule has 0 aliphatic heterocycles. The van der Waals surface area contributed by atoms with Crippen molar-refractivity contribution in [3.05, 3.63) is 129 Å². The van der Waals surface area contributed by atoms with E-state index in [0.29, 0.717) is 27.8 Å². The van der Waals surface area contributed by atoms with Crippen molar-refractivity contribution < 1.29 is 18.0 Å². The van der Waals surface area contributed by atoms with E-state index >= 15 is 0 Å². The highest BCUT2D eigenvalue weighted by Crippen LogP contribution is 2.28. The van der Waals surface area contributed by atoms with Crippen molar-refractivity contribution in [1.29, 1.82) is 0 Å². The minimum atomic E-state index is -4.19. The second-order valence-electron chi connectivity index (χ2n) is 11.8. The first-order valence-electron chi connectivity index (χ1n) is 15.1. The molecule has 0 aromatic heterocycles. The molecule has 1 N–H and O–H groups in total. The Labute approximate surface area is 282 Å². The first kappa shape index (κ1) is 35.0. The van der Waals surface area contributed by atoms with Crippen LogP contribution in [0.5, 0.6) is 0 Å². The van der Waals surface area contributed by atoms with Crippen molar-refractivity contribution in [3.63, 3.8) is 0 Å². The SMILES string of the molecule is Cc1ccc(S(=O)(=O)N(CC(=O)N(Cc2ccc(Cl)cc2Cl)[C@@H](Cc2ccccc2)C(=O)NCC(C)C)c2cccc(C)c2)cc1. The summed E-state index contributed by atoms with van der Waals surface area (Å²) in [6.07, 6.45) is 0.205. The van der Waals surface area contributed by atoms with Crippen molar-refractivity contribution in [2.75, 3.05) is 17.4 Å². The maximum atomic E-state index is 14.6. The van der Waals surface area contributed by atoms with Gasteiger partial charge in [-0.1, -0.05) is 103 Å². The summed E-state index contributed by atoms with van der Waals surface area (Å²) in [4.78, 5) is 29.9.